The van der Waals surface area contributed by atoms with Gasteiger partial charge in [-0.1, -0.05) is 6.07 Å². The minimum Gasteiger partial charge on any atom is -0.385 e. The summed E-state index contributed by atoms with van der Waals surface area (Å²) in [6, 6.07) is 6.03. The molecule has 0 aliphatic heterocycles. The Balaban J connectivity index is 2.25. The first-order valence-corrected chi connectivity index (χ1v) is 5.75. The molecule has 0 amide bonds. The summed E-state index contributed by atoms with van der Waals surface area (Å²) in [6.45, 7) is 0. The monoisotopic (exact) mass is 266 g/mol. The summed E-state index contributed by atoms with van der Waals surface area (Å²) in [4.78, 5) is 0. The van der Waals surface area contributed by atoms with Gasteiger partial charge in [-0.3, -0.25) is 4.68 Å². The van der Waals surface area contributed by atoms with Crippen LogP contribution in [0.25, 0.3) is 10.9 Å². The zero-order chi connectivity index (χ0) is 10.6. The van der Waals surface area contributed by atoms with Gasteiger partial charge in [0.1, 0.15) is 4.60 Å². The molecule has 4 heteroatoms. The average molecular weight is 267 g/mol. The average Bonchev–Trinajstić information content (AvgIpc) is 2.90. The first-order chi connectivity index (χ1) is 7.10. The fourth-order valence-corrected chi connectivity index (χ4v) is 2.48. The van der Waals surface area contributed by atoms with Gasteiger partial charge in [0.25, 0.3) is 0 Å². The normalized spacial score (nSPS) is 18.3. The standard InChI is InChI=1S/C11H11BrN2O/c1-14-9-6-7(11(15)4-5-11)2-3-8(9)10(12)13-14/h2-3,6,15H,4-5H2,1H3. The highest BCUT2D eigenvalue weighted by atomic mass is 79.9. The Labute approximate surface area is 95.8 Å². The molecule has 3 nitrogen and oxygen atoms in total. The van der Waals surface area contributed by atoms with Crippen molar-refractivity contribution in [3.8, 4) is 0 Å². The molecular formula is C11H11BrN2O. The molecule has 1 aliphatic carbocycles. The van der Waals surface area contributed by atoms with Gasteiger partial charge < -0.3 is 5.11 Å². The van der Waals surface area contributed by atoms with Crippen LogP contribution in [-0.2, 0) is 12.6 Å². The second kappa shape index (κ2) is 2.83. The molecule has 0 spiro atoms. The maximum absolute atomic E-state index is 10.0. The summed E-state index contributed by atoms with van der Waals surface area (Å²) >= 11 is 3.41. The molecule has 15 heavy (non-hydrogen) atoms. The molecule has 1 aromatic heterocycles. The third-order valence-corrected chi connectivity index (χ3v) is 3.65. The van der Waals surface area contributed by atoms with Gasteiger partial charge in [0.2, 0.25) is 0 Å². The first kappa shape index (κ1) is 9.36. The number of aliphatic hydroxyl groups is 1. The molecular weight excluding hydrogens is 256 g/mol. The number of rotatable bonds is 1. The molecule has 1 aromatic carbocycles. The lowest BCUT2D eigenvalue weighted by atomic mass is 10.1. The Kier molecular flexibility index (Phi) is 1.77. The van der Waals surface area contributed by atoms with Crippen LogP contribution in [0.15, 0.2) is 22.8 Å². The smallest absolute Gasteiger partial charge is 0.135 e. The van der Waals surface area contributed by atoms with Gasteiger partial charge >= 0.3 is 0 Å². The van der Waals surface area contributed by atoms with E-state index in [1.807, 2.05) is 29.9 Å². The number of benzene rings is 1. The molecule has 0 unspecified atom stereocenters. The molecule has 1 fully saturated rings. The molecule has 1 saturated carbocycles. The van der Waals surface area contributed by atoms with E-state index in [-0.39, 0.29) is 0 Å². The van der Waals surface area contributed by atoms with E-state index in [9.17, 15) is 5.11 Å². The molecule has 1 aliphatic rings. The third-order valence-electron chi connectivity index (χ3n) is 3.07. The fraction of sp³-hybridized carbons (Fsp3) is 0.364. The van der Waals surface area contributed by atoms with Crippen molar-refractivity contribution in [2.45, 2.75) is 18.4 Å². The number of aromatic nitrogens is 2. The van der Waals surface area contributed by atoms with Crippen molar-refractivity contribution in [2.75, 3.05) is 0 Å². The van der Waals surface area contributed by atoms with Crippen LogP contribution in [-0.4, -0.2) is 14.9 Å². The maximum atomic E-state index is 10.0. The quantitative estimate of drug-likeness (QED) is 0.861. The van der Waals surface area contributed by atoms with Gasteiger partial charge in [0.05, 0.1) is 11.1 Å². The van der Waals surface area contributed by atoms with Gasteiger partial charge in [-0.15, -0.1) is 0 Å². The minimum absolute atomic E-state index is 0.565. The number of nitrogens with zero attached hydrogens (tertiary/aromatic N) is 2. The van der Waals surface area contributed by atoms with Crippen LogP contribution >= 0.6 is 15.9 Å². The molecule has 0 atom stereocenters. The Morgan fingerprint density at radius 1 is 1.47 bits per heavy atom. The van der Waals surface area contributed by atoms with Gasteiger partial charge in [0, 0.05) is 12.4 Å². The van der Waals surface area contributed by atoms with E-state index < -0.39 is 5.60 Å². The maximum Gasteiger partial charge on any atom is 0.135 e. The SMILES string of the molecule is Cn1nc(Br)c2ccc(C3(O)CC3)cc21. The minimum atomic E-state index is -0.565. The second-order valence-electron chi connectivity index (χ2n) is 4.18. The summed E-state index contributed by atoms with van der Waals surface area (Å²) in [5, 5.41) is 15.4. The van der Waals surface area contributed by atoms with Gasteiger partial charge in [-0.25, -0.2) is 0 Å². The lowest BCUT2D eigenvalue weighted by Gasteiger charge is -2.07. The highest BCUT2D eigenvalue weighted by Crippen LogP contribution is 2.46. The predicted molar refractivity (Wildman–Crippen MR) is 61.5 cm³/mol. The molecule has 78 valence electrons. The lowest BCUT2D eigenvalue weighted by Crippen LogP contribution is -2.03. The molecule has 1 N–H and O–H groups in total. The Bertz CT molecular complexity index is 543. The fourth-order valence-electron chi connectivity index (χ4n) is 1.91. The van der Waals surface area contributed by atoms with Crippen LogP contribution in [0.3, 0.4) is 0 Å². The third kappa shape index (κ3) is 1.32. The number of hydrogen-bond acceptors (Lipinski definition) is 2. The first-order valence-electron chi connectivity index (χ1n) is 4.95. The molecule has 2 aromatic rings. The van der Waals surface area contributed by atoms with Crippen molar-refractivity contribution in [3.63, 3.8) is 0 Å². The van der Waals surface area contributed by atoms with Crippen LogP contribution in [0.4, 0.5) is 0 Å². The predicted octanol–water partition coefficient (Wildman–Crippen LogP) is 2.32. The Morgan fingerprint density at radius 3 is 2.87 bits per heavy atom. The van der Waals surface area contributed by atoms with Crippen molar-refractivity contribution in [3.05, 3.63) is 28.4 Å². The number of halogens is 1. The lowest BCUT2D eigenvalue weighted by molar-refractivity contribution is 0.151. The second-order valence-corrected chi connectivity index (χ2v) is 4.93. The van der Waals surface area contributed by atoms with Crippen LogP contribution in [0.5, 0.6) is 0 Å². The number of fused-ring (bicyclic) bond motifs is 1. The summed E-state index contributed by atoms with van der Waals surface area (Å²) in [7, 11) is 1.91. The summed E-state index contributed by atoms with van der Waals surface area (Å²) in [5.74, 6) is 0. The largest absolute Gasteiger partial charge is 0.385 e. The van der Waals surface area contributed by atoms with Crippen LogP contribution < -0.4 is 0 Å². The summed E-state index contributed by atoms with van der Waals surface area (Å²) in [6.07, 6.45) is 1.75. The molecule has 0 bridgehead atoms. The molecule has 3 rings (SSSR count). The van der Waals surface area contributed by atoms with Crippen LogP contribution in [0, 0.1) is 0 Å². The topological polar surface area (TPSA) is 38.0 Å². The van der Waals surface area contributed by atoms with Crippen molar-refractivity contribution in [1.29, 1.82) is 0 Å². The Hall–Kier alpha value is -0.870. The van der Waals surface area contributed by atoms with E-state index in [1.54, 1.807) is 0 Å². The van der Waals surface area contributed by atoms with Crippen LogP contribution in [0.2, 0.25) is 0 Å². The van der Waals surface area contributed by atoms with Crippen molar-refractivity contribution in [2.24, 2.45) is 7.05 Å². The summed E-state index contributed by atoms with van der Waals surface area (Å²) < 4.78 is 2.68. The molecule has 1 heterocycles. The van der Waals surface area contributed by atoms with E-state index in [0.717, 1.165) is 33.9 Å². The zero-order valence-electron chi connectivity index (χ0n) is 8.37. The van der Waals surface area contributed by atoms with E-state index in [2.05, 4.69) is 21.0 Å². The van der Waals surface area contributed by atoms with Crippen molar-refractivity contribution >= 4 is 26.8 Å². The Morgan fingerprint density at radius 2 is 2.20 bits per heavy atom. The summed E-state index contributed by atoms with van der Waals surface area (Å²) in [5.41, 5.74) is 1.50. The zero-order valence-corrected chi connectivity index (χ0v) is 9.95. The van der Waals surface area contributed by atoms with Gasteiger partial charge in [-0.2, -0.15) is 5.10 Å². The van der Waals surface area contributed by atoms with E-state index in [1.165, 1.54) is 0 Å². The molecule has 0 saturated heterocycles. The van der Waals surface area contributed by atoms with Crippen molar-refractivity contribution < 1.29 is 5.11 Å². The highest BCUT2D eigenvalue weighted by molar-refractivity contribution is 9.10. The van der Waals surface area contributed by atoms with E-state index in [0.29, 0.717) is 0 Å². The van der Waals surface area contributed by atoms with Gasteiger partial charge in [0.15, 0.2) is 0 Å². The highest BCUT2D eigenvalue weighted by Gasteiger charge is 2.42. The van der Waals surface area contributed by atoms with E-state index >= 15 is 0 Å². The van der Waals surface area contributed by atoms with E-state index in [4.69, 9.17) is 0 Å². The van der Waals surface area contributed by atoms with Crippen molar-refractivity contribution in [1.82, 2.24) is 9.78 Å². The molecule has 0 radical (unpaired) electrons. The number of aryl methyl sites for hydroxylation is 1. The van der Waals surface area contributed by atoms with Gasteiger partial charge in [-0.05, 0) is 46.5 Å². The van der Waals surface area contributed by atoms with Crippen LogP contribution in [0.1, 0.15) is 18.4 Å². The number of hydrogen-bond donors (Lipinski definition) is 1.